The molecule has 1 atom stereocenters. The highest BCUT2D eigenvalue weighted by atomic mass is 35.5. The van der Waals surface area contributed by atoms with E-state index >= 15 is 0 Å². The number of halogens is 1. The lowest BCUT2D eigenvalue weighted by molar-refractivity contribution is -0.135. The molecule has 88 valence electrons. The predicted molar refractivity (Wildman–Crippen MR) is 63.3 cm³/mol. The Morgan fingerprint density at radius 1 is 1.27 bits per heavy atom. The first kappa shape index (κ1) is 12.8. The zero-order valence-electron chi connectivity index (χ0n) is 9.37. The summed E-state index contributed by atoms with van der Waals surface area (Å²) < 4.78 is 0. The fourth-order valence-corrected chi connectivity index (χ4v) is 2.62. The molecule has 2 fully saturated rings. The Bertz CT molecular complexity index is 211. The third-order valence-corrected chi connectivity index (χ3v) is 3.63. The molecule has 1 unspecified atom stereocenters. The van der Waals surface area contributed by atoms with Crippen molar-refractivity contribution in [3.8, 4) is 0 Å². The van der Waals surface area contributed by atoms with Gasteiger partial charge in [0, 0.05) is 19.6 Å². The van der Waals surface area contributed by atoms with Crippen LogP contribution in [0.1, 0.15) is 32.1 Å². The molecule has 1 heterocycles. The Hall–Kier alpha value is -0.280. The van der Waals surface area contributed by atoms with Crippen LogP contribution in [-0.4, -0.2) is 37.0 Å². The maximum atomic E-state index is 12.0. The molecule has 1 saturated carbocycles. The normalized spacial score (nSPS) is 26.3. The Morgan fingerprint density at radius 3 is 2.47 bits per heavy atom. The molecule has 0 aromatic rings. The molecule has 0 aromatic heterocycles. The van der Waals surface area contributed by atoms with E-state index in [1.807, 2.05) is 11.9 Å². The van der Waals surface area contributed by atoms with Crippen LogP contribution in [0.15, 0.2) is 0 Å². The van der Waals surface area contributed by atoms with Gasteiger partial charge in [0.15, 0.2) is 0 Å². The largest absolute Gasteiger partial charge is 0.342 e. The Labute approximate surface area is 98.0 Å². The molecule has 4 heteroatoms. The van der Waals surface area contributed by atoms with Crippen molar-refractivity contribution < 1.29 is 4.79 Å². The molecule has 0 aromatic carbocycles. The zero-order valence-corrected chi connectivity index (χ0v) is 10.2. The smallest absolute Gasteiger partial charge is 0.227 e. The average molecular weight is 233 g/mol. The second kappa shape index (κ2) is 5.71. The van der Waals surface area contributed by atoms with E-state index in [4.69, 9.17) is 0 Å². The van der Waals surface area contributed by atoms with Crippen molar-refractivity contribution in [2.24, 2.45) is 5.92 Å². The van der Waals surface area contributed by atoms with Gasteiger partial charge in [-0.15, -0.1) is 12.4 Å². The molecule has 2 rings (SSSR count). The van der Waals surface area contributed by atoms with Gasteiger partial charge in [0.05, 0.1) is 5.92 Å². The third kappa shape index (κ3) is 2.85. The van der Waals surface area contributed by atoms with Crippen LogP contribution < -0.4 is 5.32 Å². The summed E-state index contributed by atoms with van der Waals surface area (Å²) in [6.07, 6.45) is 6.04. The average Bonchev–Trinajstić information content (AvgIpc) is 2.87. The molecular weight excluding hydrogens is 212 g/mol. The van der Waals surface area contributed by atoms with Gasteiger partial charge in [-0.2, -0.15) is 0 Å². The van der Waals surface area contributed by atoms with Crippen molar-refractivity contribution in [3.63, 3.8) is 0 Å². The molecule has 0 radical (unpaired) electrons. The van der Waals surface area contributed by atoms with Crippen molar-refractivity contribution in [2.75, 3.05) is 20.1 Å². The Kier molecular flexibility index (Phi) is 4.87. The van der Waals surface area contributed by atoms with Crippen LogP contribution in [0.25, 0.3) is 0 Å². The molecule has 1 aliphatic carbocycles. The van der Waals surface area contributed by atoms with E-state index < -0.39 is 0 Å². The fraction of sp³-hybridized carbons (Fsp3) is 0.909. The molecule has 1 saturated heterocycles. The minimum Gasteiger partial charge on any atom is -0.342 e. The standard InChI is InChI=1S/C11H20N2O.ClH/c1-13(10-4-2-3-5-10)11(14)9-6-7-12-8-9;/h9-10,12H,2-8H2,1H3;1H. The van der Waals surface area contributed by atoms with Gasteiger partial charge in [-0.3, -0.25) is 4.79 Å². The highest BCUT2D eigenvalue weighted by molar-refractivity contribution is 5.85. The van der Waals surface area contributed by atoms with Crippen LogP contribution in [0.2, 0.25) is 0 Å². The highest BCUT2D eigenvalue weighted by Gasteiger charge is 2.30. The minimum atomic E-state index is 0. The van der Waals surface area contributed by atoms with E-state index in [2.05, 4.69) is 5.32 Å². The van der Waals surface area contributed by atoms with E-state index in [9.17, 15) is 4.79 Å². The van der Waals surface area contributed by atoms with Gasteiger partial charge in [0.1, 0.15) is 0 Å². The first-order valence-electron chi connectivity index (χ1n) is 5.76. The van der Waals surface area contributed by atoms with Crippen LogP contribution in [0.3, 0.4) is 0 Å². The van der Waals surface area contributed by atoms with Crippen molar-refractivity contribution in [1.82, 2.24) is 10.2 Å². The van der Waals surface area contributed by atoms with Gasteiger partial charge < -0.3 is 10.2 Å². The zero-order chi connectivity index (χ0) is 9.97. The molecule has 15 heavy (non-hydrogen) atoms. The predicted octanol–water partition coefficient (Wildman–Crippen LogP) is 1.42. The summed E-state index contributed by atoms with van der Waals surface area (Å²) >= 11 is 0. The fourth-order valence-electron chi connectivity index (χ4n) is 2.62. The number of nitrogens with zero attached hydrogens (tertiary/aromatic N) is 1. The number of hydrogen-bond donors (Lipinski definition) is 1. The molecule has 3 nitrogen and oxygen atoms in total. The number of rotatable bonds is 2. The summed E-state index contributed by atoms with van der Waals surface area (Å²) in [7, 11) is 1.98. The van der Waals surface area contributed by atoms with E-state index in [0.29, 0.717) is 11.9 Å². The maximum absolute atomic E-state index is 12.0. The van der Waals surface area contributed by atoms with Gasteiger partial charge in [-0.1, -0.05) is 12.8 Å². The highest BCUT2D eigenvalue weighted by Crippen LogP contribution is 2.24. The van der Waals surface area contributed by atoms with Gasteiger partial charge in [0.25, 0.3) is 0 Å². The second-order valence-corrected chi connectivity index (χ2v) is 4.58. The summed E-state index contributed by atoms with van der Waals surface area (Å²) in [4.78, 5) is 14.0. The van der Waals surface area contributed by atoms with Crippen LogP contribution in [-0.2, 0) is 4.79 Å². The lowest BCUT2D eigenvalue weighted by atomic mass is 10.1. The topological polar surface area (TPSA) is 32.3 Å². The summed E-state index contributed by atoms with van der Waals surface area (Å²) in [6.45, 7) is 1.89. The molecule has 0 spiro atoms. The van der Waals surface area contributed by atoms with E-state index in [0.717, 1.165) is 19.5 Å². The Morgan fingerprint density at radius 2 is 1.93 bits per heavy atom. The summed E-state index contributed by atoms with van der Waals surface area (Å²) in [5.74, 6) is 0.613. The lowest BCUT2D eigenvalue weighted by Crippen LogP contribution is -2.40. The van der Waals surface area contributed by atoms with E-state index in [1.165, 1.54) is 25.7 Å². The number of amides is 1. The monoisotopic (exact) mass is 232 g/mol. The quantitative estimate of drug-likeness (QED) is 0.781. The third-order valence-electron chi connectivity index (χ3n) is 3.63. The first-order valence-corrected chi connectivity index (χ1v) is 5.76. The summed E-state index contributed by atoms with van der Waals surface area (Å²) in [5, 5.41) is 3.25. The molecule has 1 amide bonds. The molecule has 1 aliphatic heterocycles. The van der Waals surface area contributed by atoms with Crippen molar-refractivity contribution in [3.05, 3.63) is 0 Å². The van der Waals surface area contributed by atoms with Gasteiger partial charge >= 0.3 is 0 Å². The van der Waals surface area contributed by atoms with Crippen LogP contribution in [0.5, 0.6) is 0 Å². The molecule has 2 aliphatic rings. The minimum absolute atomic E-state index is 0. The van der Waals surface area contributed by atoms with Crippen molar-refractivity contribution in [1.29, 1.82) is 0 Å². The van der Waals surface area contributed by atoms with E-state index in [-0.39, 0.29) is 18.3 Å². The number of hydrogen-bond acceptors (Lipinski definition) is 2. The first-order chi connectivity index (χ1) is 6.79. The number of carbonyl (C=O) groups is 1. The Balaban J connectivity index is 0.00000112. The lowest BCUT2D eigenvalue weighted by Gasteiger charge is -2.26. The number of nitrogens with one attached hydrogen (secondary N) is 1. The SMILES string of the molecule is CN(C(=O)C1CCNC1)C1CCCC1.Cl. The summed E-state index contributed by atoms with van der Waals surface area (Å²) in [5.41, 5.74) is 0. The van der Waals surface area contributed by atoms with Gasteiger partial charge in [0.2, 0.25) is 5.91 Å². The van der Waals surface area contributed by atoms with Gasteiger partial charge in [-0.05, 0) is 25.8 Å². The van der Waals surface area contributed by atoms with Crippen LogP contribution in [0, 0.1) is 5.92 Å². The molecule has 0 bridgehead atoms. The maximum Gasteiger partial charge on any atom is 0.227 e. The summed E-state index contributed by atoms with van der Waals surface area (Å²) in [6, 6.07) is 0.531. The van der Waals surface area contributed by atoms with Crippen LogP contribution >= 0.6 is 12.4 Å². The van der Waals surface area contributed by atoms with E-state index in [1.54, 1.807) is 0 Å². The van der Waals surface area contributed by atoms with Crippen molar-refractivity contribution >= 4 is 18.3 Å². The second-order valence-electron chi connectivity index (χ2n) is 4.58. The molecular formula is C11H21ClN2O. The van der Waals surface area contributed by atoms with Gasteiger partial charge in [-0.25, -0.2) is 0 Å². The van der Waals surface area contributed by atoms with Crippen LogP contribution in [0.4, 0.5) is 0 Å². The molecule has 1 N–H and O–H groups in total. The van der Waals surface area contributed by atoms with Crippen molar-refractivity contribution in [2.45, 2.75) is 38.1 Å². The number of carbonyl (C=O) groups excluding carboxylic acids is 1.